The van der Waals surface area contributed by atoms with Gasteiger partial charge in [-0.25, -0.2) is 4.98 Å². The molecule has 8 heteroatoms. The molecule has 0 bridgehead atoms. The Hall–Kier alpha value is -3.39. The van der Waals surface area contributed by atoms with Gasteiger partial charge in [0, 0.05) is 37.2 Å². The molecule has 34 heavy (non-hydrogen) atoms. The monoisotopic (exact) mass is 457 g/mol. The topological polar surface area (TPSA) is 90.6 Å². The quantitative estimate of drug-likeness (QED) is 0.400. The Labute approximate surface area is 199 Å². The molecule has 0 saturated heterocycles. The SMILES string of the molecule is COC1CCC(Cn2cc(-c3cnc4ccc(Nc5cc(C(C)C)cnn5)nc4c3)cn2)CC1. The van der Waals surface area contributed by atoms with Crippen LogP contribution in [0, 0.1) is 5.92 Å². The Morgan fingerprint density at radius 2 is 1.85 bits per heavy atom. The summed E-state index contributed by atoms with van der Waals surface area (Å²) in [6.07, 6.45) is 12.8. The van der Waals surface area contributed by atoms with Crippen molar-refractivity contribution < 1.29 is 4.74 Å². The van der Waals surface area contributed by atoms with Gasteiger partial charge in [0.25, 0.3) is 0 Å². The van der Waals surface area contributed by atoms with Crippen molar-refractivity contribution in [1.29, 1.82) is 0 Å². The lowest BCUT2D eigenvalue weighted by Crippen LogP contribution is -2.23. The number of rotatable bonds is 7. The zero-order chi connectivity index (χ0) is 23.5. The smallest absolute Gasteiger partial charge is 0.154 e. The zero-order valence-electron chi connectivity index (χ0n) is 20.0. The standard InChI is InChI=1S/C26H31N7O/c1-17(2)19-11-26(32-28-13-19)31-25-9-8-23-24(30-25)10-20(12-27-23)21-14-29-33(16-21)15-18-4-6-22(34-3)7-5-18/h8-14,16-18,22H,4-7,15H2,1-3H3,(H,30,31,32). The van der Waals surface area contributed by atoms with E-state index in [9.17, 15) is 0 Å². The molecule has 1 saturated carbocycles. The summed E-state index contributed by atoms with van der Waals surface area (Å²) in [5.41, 5.74) is 4.86. The van der Waals surface area contributed by atoms with E-state index in [0.717, 1.165) is 47.1 Å². The Morgan fingerprint density at radius 1 is 1.00 bits per heavy atom. The lowest BCUT2D eigenvalue weighted by molar-refractivity contribution is 0.0536. The zero-order valence-corrected chi connectivity index (χ0v) is 20.0. The summed E-state index contributed by atoms with van der Waals surface area (Å²) in [6.45, 7) is 5.22. The lowest BCUT2D eigenvalue weighted by Gasteiger charge is -2.27. The van der Waals surface area contributed by atoms with E-state index in [0.29, 0.717) is 29.6 Å². The van der Waals surface area contributed by atoms with Crippen LogP contribution in [0.1, 0.15) is 51.0 Å². The first-order chi connectivity index (χ1) is 16.6. The number of ether oxygens (including phenoxy) is 1. The second kappa shape index (κ2) is 9.85. The Balaban J connectivity index is 1.31. The van der Waals surface area contributed by atoms with Gasteiger partial charge in [-0.2, -0.15) is 10.2 Å². The highest BCUT2D eigenvalue weighted by atomic mass is 16.5. The van der Waals surface area contributed by atoms with Crippen LogP contribution in [0.25, 0.3) is 22.2 Å². The Bertz CT molecular complexity index is 1260. The van der Waals surface area contributed by atoms with Crippen LogP contribution < -0.4 is 5.32 Å². The fraction of sp³-hybridized carbons (Fsp3) is 0.423. The maximum absolute atomic E-state index is 5.50. The first-order valence-electron chi connectivity index (χ1n) is 12.0. The molecule has 1 aliphatic carbocycles. The summed E-state index contributed by atoms with van der Waals surface area (Å²) in [6, 6.07) is 7.95. The van der Waals surface area contributed by atoms with Gasteiger partial charge in [-0.3, -0.25) is 9.67 Å². The summed E-state index contributed by atoms with van der Waals surface area (Å²) in [4.78, 5) is 9.38. The van der Waals surface area contributed by atoms with E-state index < -0.39 is 0 Å². The number of fused-ring (bicyclic) bond motifs is 1. The normalized spacial score (nSPS) is 18.5. The van der Waals surface area contributed by atoms with Crippen molar-refractivity contribution in [2.75, 3.05) is 12.4 Å². The molecular formula is C26H31N7O. The molecule has 1 N–H and O–H groups in total. The summed E-state index contributed by atoms with van der Waals surface area (Å²) in [5, 5.41) is 16.2. The van der Waals surface area contributed by atoms with Gasteiger partial charge in [-0.1, -0.05) is 13.8 Å². The second-order valence-corrected chi connectivity index (χ2v) is 9.44. The van der Waals surface area contributed by atoms with Crippen molar-refractivity contribution in [2.24, 2.45) is 5.92 Å². The summed E-state index contributed by atoms with van der Waals surface area (Å²) in [7, 11) is 1.81. The molecule has 5 rings (SSSR count). The molecule has 1 fully saturated rings. The van der Waals surface area contributed by atoms with Crippen LogP contribution in [0.15, 0.2) is 49.1 Å². The first-order valence-corrected chi connectivity index (χ1v) is 12.0. The number of aromatic nitrogens is 6. The molecule has 4 aromatic heterocycles. The maximum Gasteiger partial charge on any atom is 0.154 e. The van der Waals surface area contributed by atoms with Crippen molar-refractivity contribution in [3.8, 4) is 11.1 Å². The molecule has 0 radical (unpaired) electrons. The minimum atomic E-state index is 0.383. The summed E-state index contributed by atoms with van der Waals surface area (Å²) in [5.74, 6) is 2.43. The van der Waals surface area contributed by atoms with Crippen LogP contribution >= 0.6 is 0 Å². The average molecular weight is 458 g/mol. The van der Waals surface area contributed by atoms with E-state index >= 15 is 0 Å². The van der Waals surface area contributed by atoms with E-state index in [4.69, 9.17) is 9.72 Å². The largest absolute Gasteiger partial charge is 0.381 e. The van der Waals surface area contributed by atoms with Crippen LogP contribution in [0.2, 0.25) is 0 Å². The molecule has 1 aliphatic rings. The van der Waals surface area contributed by atoms with Gasteiger partial charge in [0.15, 0.2) is 5.82 Å². The number of hydrogen-bond donors (Lipinski definition) is 1. The molecule has 0 atom stereocenters. The molecule has 8 nitrogen and oxygen atoms in total. The number of methoxy groups -OCH3 is 1. The second-order valence-electron chi connectivity index (χ2n) is 9.44. The van der Waals surface area contributed by atoms with Crippen molar-refractivity contribution in [3.05, 3.63) is 54.6 Å². The number of nitrogens with zero attached hydrogens (tertiary/aromatic N) is 6. The molecule has 176 valence electrons. The molecule has 0 aliphatic heterocycles. The summed E-state index contributed by atoms with van der Waals surface area (Å²) >= 11 is 0. The van der Waals surface area contributed by atoms with Crippen molar-refractivity contribution in [1.82, 2.24) is 29.9 Å². The number of anilines is 2. The summed E-state index contributed by atoms with van der Waals surface area (Å²) < 4.78 is 7.56. The first kappa shape index (κ1) is 22.4. The van der Waals surface area contributed by atoms with Gasteiger partial charge in [0.1, 0.15) is 5.82 Å². The molecule has 0 aromatic carbocycles. The van der Waals surface area contributed by atoms with Crippen LogP contribution in [-0.4, -0.2) is 43.2 Å². The lowest BCUT2D eigenvalue weighted by atomic mass is 9.87. The van der Waals surface area contributed by atoms with Crippen molar-refractivity contribution in [2.45, 2.75) is 58.1 Å². The maximum atomic E-state index is 5.50. The van der Waals surface area contributed by atoms with Crippen LogP contribution in [0.4, 0.5) is 11.6 Å². The van der Waals surface area contributed by atoms with Gasteiger partial charge in [0.05, 0.1) is 29.5 Å². The minimum Gasteiger partial charge on any atom is -0.381 e. The average Bonchev–Trinajstić information content (AvgIpc) is 3.33. The fourth-order valence-electron chi connectivity index (χ4n) is 4.55. The highest BCUT2D eigenvalue weighted by Crippen LogP contribution is 2.28. The van der Waals surface area contributed by atoms with Gasteiger partial charge in [-0.05, 0) is 67.3 Å². The van der Waals surface area contributed by atoms with E-state index in [1.165, 1.54) is 12.8 Å². The van der Waals surface area contributed by atoms with Gasteiger partial charge >= 0.3 is 0 Å². The third-order valence-electron chi connectivity index (χ3n) is 6.67. The highest BCUT2D eigenvalue weighted by Gasteiger charge is 2.21. The van der Waals surface area contributed by atoms with Crippen LogP contribution in [0.5, 0.6) is 0 Å². The van der Waals surface area contributed by atoms with E-state index in [1.807, 2.05) is 37.7 Å². The predicted molar refractivity (Wildman–Crippen MR) is 133 cm³/mol. The highest BCUT2D eigenvalue weighted by molar-refractivity contribution is 5.81. The number of pyridine rings is 2. The van der Waals surface area contributed by atoms with E-state index in [2.05, 4.69) is 56.4 Å². The van der Waals surface area contributed by atoms with E-state index in [1.54, 1.807) is 6.20 Å². The molecular weight excluding hydrogens is 426 g/mol. The molecule has 4 heterocycles. The number of hydrogen-bond acceptors (Lipinski definition) is 7. The predicted octanol–water partition coefficient (Wildman–Crippen LogP) is 5.36. The van der Waals surface area contributed by atoms with E-state index in [-0.39, 0.29) is 0 Å². The van der Waals surface area contributed by atoms with Gasteiger partial charge < -0.3 is 10.1 Å². The number of nitrogens with one attached hydrogen (secondary N) is 1. The van der Waals surface area contributed by atoms with Crippen molar-refractivity contribution >= 4 is 22.7 Å². The third kappa shape index (κ3) is 5.07. The minimum absolute atomic E-state index is 0.383. The Morgan fingerprint density at radius 3 is 2.65 bits per heavy atom. The van der Waals surface area contributed by atoms with Gasteiger partial charge in [0.2, 0.25) is 0 Å². The Kier molecular flexibility index (Phi) is 6.49. The molecule has 0 amide bonds. The fourth-order valence-corrected chi connectivity index (χ4v) is 4.55. The molecule has 0 unspecified atom stereocenters. The van der Waals surface area contributed by atoms with Crippen LogP contribution in [-0.2, 0) is 11.3 Å². The van der Waals surface area contributed by atoms with Crippen LogP contribution in [0.3, 0.4) is 0 Å². The van der Waals surface area contributed by atoms with Crippen molar-refractivity contribution in [3.63, 3.8) is 0 Å². The van der Waals surface area contributed by atoms with Gasteiger partial charge in [-0.15, -0.1) is 5.10 Å². The third-order valence-corrected chi connectivity index (χ3v) is 6.67. The molecule has 0 spiro atoms. The molecule has 4 aromatic rings.